The van der Waals surface area contributed by atoms with Crippen molar-refractivity contribution < 1.29 is 28.5 Å². The van der Waals surface area contributed by atoms with E-state index in [-0.39, 0.29) is 18.8 Å². The summed E-state index contributed by atoms with van der Waals surface area (Å²) in [4.78, 5) is 12.7. The summed E-state index contributed by atoms with van der Waals surface area (Å²) in [5, 5.41) is 7.40. The highest BCUT2D eigenvalue weighted by Crippen LogP contribution is 2.36. The molecule has 0 saturated carbocycles. The summed E-state index contributed by atoms with van der Waals surface area (Å²) in [7, 11) is 3.18. The Hall–Kier alpha value is -3.72. The predicted octanol–water partition coefficient (Wildman–Crippen LogP) is 2.83. The molecule has 5 rings (SSSR count). The molecule has 1 N–H and O–H groups in total. The number of fused-ring (bicyclic) bond motifs is 2. The van der Waals surface area contributed by atoms with E-state index in [1.54, 1.807) is 26.4 Å². The van der Waals surface area contributed by atoms with Gasteiger partial charge < -0.3 is 29.0 Å². The van der Waals surface area contributed by atoms with Gasteiger partial charge in [-0.1, -0.05) is 6.07 Å². The molecule has 166 valence electrons. The summed E-state index contributed by atoms with van der Waals surface area (Å²) in [5.74, 6) is 2.53. The van der Waals surface area contributed by atoms with E-state index in [0.29, 0.717) is 42.6 Å². The maximum atomic E-state index is 12.7. The maximum Gasteiger partial charge on any atom is 0.272 e. The molecule has 3 aromatic rings. The third-order valence-corrected chi connectivity index (χ3v) is 5.57. The van der Waals surface area contributed by atoms with Crippen molar-refractivity contribution >= 4 is 5.91 Å². The summed E-state index contributed by atoms with van der Waals surface area (Å²) < 4.78 is 29.3. The number of hydrogen-bond acceptors (Lipinski definition) is 7. The van der Waals surface area contributed by atoms with Crippen molar-refractivity contribution in [3.05, 3.63) is 65.0 Å². The summed E-state index contributed by atoms with van der Waals surface area (Å²) in [6, 6.07) is 13.0. The average molecular weight is 437 g/mol. The molecule has 32 heavy (non-hydrogen) atoms. The second-order valence-corrected chi connectivity index (χ2v) is 7.48. The number of nitrogens with zero attached hydrogens (tertiary/aromatic N) is 2. The smallest absolute Gasteiger partial charge is 0.272 e. The fourth-order valence-electron chi connectivity index (χ4n) is 3.82. The number of ether oxygens (including phenoxy) is 5. The van der Waals surface area contributed by atoms with Crippen LogP contribution in [0.4, 0.5) is 0 Å². The summed E-state index contributed by atoms with van der Waals surface area (Å²) >= 11 is 0. The van der Waals surface area contributed by atoms with Crippen LogP contribution < -0.4 is 24.3 Å². The predicted molar refractivity (Wildman–Crippen MR) is 113 cm³/mol. The molecule has 0 unspecified atom stereocenters. The highest BCUT2D eigenvalue weighted by atomic mass is 16.7. The standard InChI is InChI=1S/C23H23N3O6/c1-28-17-5-3-15(20(9-17)29-2)10-24-23(27)18-8-16-12-30-22(11-26(16)25-18)14-4-6-19-21(7-14)32-13-31-19/h3-9,22H,10-13H2,1-2H3,(H,24,27)/t22-/m0/s1. The van der Waals surface area contributed by atoms with Gasteiger partial charge in [0.15, 0.2) is 17.2 Å². The van der Waals surface area contributed by atoms with Gasteiger partial charge in [0.2, 0.25) is 6.79 Å². The number of hydrogen-bond donors (Lipinski definition) is 1. The van der Waals surface area contributed by atoms with Gasteiger partial charge in [0.1, 0.15) is 17.6 Å². The van der Waals surface area contributed by atoms with Gasteiger partial charge in [-0.25, -0.2) is 0 Å². The van der Waals surface area contributed by atoms with Gasteiger partial charge in [0, 0.05) is 18.2 Å². The topological polar surface area (TPSA) is 93.1 Å². The lowest BCUT2D eigenvalue weighted by molar-refractivity contribution is -0.00128. The normalized spacial score (nSPS) is 16.4. The first kappa shape index (κ1) is 20.2. The minimum absolute atomic E-state index is 0.184. The van der Waals surface area contributed by atoms with Gasteiger partial charge >= 0.3 is 0 Å². The minimum Gasteiger partial charge on any atom is -0.497 e. The summed E-state index contributed by atoms with van der Waals surface area (Å²) in [6.45, 7) is 1.42. The Kier molecular flexibility index (Phi) is 5.32. The van der Waals surface area contributed by atoms with Crippen molar-refractivity contribution in [3.8, 4) is 23.0 Å². The van der Waals surface area contributed by atoms with Gasteiger partial charge in [-0.15, -0.1) is 0 Å². The molecule has 0 aliphatic carbocycles. The quantitative estimate of drug-likeness (QED) is 0.634. The number of aromatic nitrogens is 2. The van der Waals surface area contributed by atoms with Crippen LogP contribution in [-0.2, 0) is 24.4 Å². The fourth-order valence-corrected chi connectivity index (χ4v) is 3.82. The molecule has 1 atom stereocenters. The molecule has 0 saturated heterocycles. The van der Waals surface area contributed by atoms with Crippen molar-refractivity contribution in [2.45, 2.75) is 25.8 Å². The van der Waals surface area contributed by atoms with Crippen LogP contribution in [0.3, 0.4) is 0 Å². The largest absolute Gasteiger partial charge is 0.497 e. The van der Waals surface area contributed by atoms with Gasteiger partial charge in [-0.05, 0) is 35.9 Å². The van der Waals surface area contributed by atoms with Crippen molar-refractivity contribution in [1.82, 2.24) is 15.1 Å². The van der Waals surface area contributed by atoms with Crippen LogP contribution in [0.2, 0.25) is 0 Å². The van der Waals surface area contributed by atoms with Crippen molar-refractivity contribution in [1.29, 1.82) is 0 Å². The van der Waals surface area contributed by atoms with Crippen LogP contribution in [0, 0.1) is 0 Å². The molecule has 0 radical (unpaired) electrons. The lowest BCUT2D eigenvalue weighted by Crippen LogP contribution is -2.24. The van der Waals surface area contributed by atoms with E-state index in [1.807, 2.05) is 35.0 Å². The number of carbonyl (C=O) groups excluding carboxylic acids is 1. The Labute approximate surface area is 184 Å². The molecular formula is C23H23N3O6. The Bertz CT molecular complexity index is 1160. The second-order valence-electron chi connectivity index (χ2n) is 7.48. The van der Waals surface area contributed by atoms with E-state index in [2.05, 4.69) is 10.4 Å². The molecule has 2 aromatic carbocycles. The highest BCUT2D eigenvalue weighted by molar-refractivity contribution is 5.92. The first-order chi connectivity index (χ1) is 15.6. The summed E-state index contributed by atoms with van der Waals surface area (Å²) in [5.41, 5.74) is 3.03. The van der Waals surface area contributed by atoms with Gasteiger partial charge in [-0.3, -0.25) is 9.48 Å². The van der Waals surface area contributed by atoms with E-state index < -0.39 is 0 Å². The molecule has 9 nitrogen and oxygen atoms in total. The van der Waals surface area contributed by atoms with Crippen LogP contribution in [0.1, 0.15) is 33.4 Å². The molecule has 3 heterocycles. The van der Waals surface area contributed by atoms with E-state index in [9.17, 15) is 4.79 Å². The van der Waals surface area contributed by atoms with Crippen LogP contribution in [-0.4, -0.2) is 36.7 Å². The molecule has 1 aromatic heterocycles. The average Bonchev–Trinajstić information content (AvgIpc) is 3.48. The molecule has 0 bridgehead atoms. The van der Waals surface area contributed by atoms with Gasteiger partial charge in [0.25, 0.3) is 5.91 Å². The van der Waals surface area contributed by atoms with E-state index in [4.69, 9.17) is 23.7 Å². The van der Waals surface area contributed by atoms with Crippen molar-refractivity contribution in [2.24, 2.45) is 0 Å². The van der Waals surface area contributed by atoms with Crippen molar-refractivity contribution in [3.63, 3.8) is 0 Å². The third kappa shape index (κ3) is 3.82. The van der Waals surface area contributed by atoms with Crippen LogP contribution >= 0.6 is 0 Å². The number of methoxy groups -OCH3 is 2. The van der Waals surface area contributed by atoms with Gasteiger partial charge in [0.05, 0.1) is 33.1 Å². The van der Waals surface area contributed by atoms with Crippen LogP contribution in [0.25, 0.3) is 0 Å². The van der Waals surface area contributed by atoms with E-state index in [0.717, 1.165) is 22.6 Å². The lowest BCUT2D eigenvalue weighted by atomic mass is 10.1. The number of rotatable bonds is 6. The lowest BCUT2D eigenvalue weighted by Gasteiger charge is -2.24. The van der Waals surface area contributed by atoms with Crippen LogP contribution in [0.5, 0.6) is 23.0 Å². The Morgan fingerprint density at radius 3 is 2.84 bits per heavy atom. The molecule has 1 amide bonds. The molecular weight excluding hydrogens is 414 g/mol. The SMILES string of the molecule is COc1ccc(CNC(=O)c2cc3n(n2)C[C@@H](c2ccc4c(c2)OCO4)OC3)c(OC)c1. The molecule has 0 fully saturated rings. The maximum absolute atomic E-state index is 12.7. The summed E-state index contributed by atoms with van der Waals surface area (Å²) in [6.07, 6.45) is -0.184. The molecule has 2 aliphatic heterocycles. The Balaban J connectivity index is 1.26. The molecule has 2 aliphatic rings. The molecule has 0 spiro atoms. The Morgan fingerprint density at radius 1 is 1.12 bits per heavy atom. The number of nitrogens with one attached hydrogen (secondary N) is 1. The zero-order chi connectivity index (χ0) is 22.1. The zero-order valence-corrected chi connectivity index (χ0v) is 17.8. The number of amides is 1. The number of carbonyl (C=O) groups is 1. The second kappa shape index (κ2) is 8.43. The third-order valence-electron chi connectivity index (χ3n) is 5.57. The molecule has 9 heteroatoms. The first-order valence-electron chi connectivity index (χ1n) is 10.2. The Morgan fingerprint density at radius 2 is 2.00 bits per heavy atom. The van der Waals surface area contributed by atoms with Gasteiger partial charge in [-0.2, -0.15) is 5.10 Å². The van der Waals surface area contributed by atoms with Crippen molar-refractivity contribution in [2.75, 3.05) is 21.0 Å². The van der Waals surface area contributed by atoms with E-state index >= 15 is 0 Å². The monoisotopic (exact) mass is 437 g/mol. The van der Waals surface area contributed by atoms with E-state index in [1.165, 1.54) is 0 Å². The minimum atomic E-state index is -0.260. The number of benzene rings is 2. The van der Waals surface area contributed by atoms with Crippen LogP contribution in [0.15, 0.2) is 42.5 Å². The zero-order valence-electron chi connectivity index (χ0n) is 17.8. The highest BCUT2D eigenvalue weighted by Gasteiger charge is 2.26. The first-order valence-corrected chi connectivity index (χ1v) is 10.2. The fraction of sp³-hybridized carbons (Fsp3) is 0.304.